The van der Waals surface area contributed by atoms with Gasteiger partial charge in [-0.05, 0) is 66.4 Å². The lowest BCUT2D eigenvalue weighted by molar-refractivity contribution is -0.143. The standard InChI is InChI=1S/C23H29NO2/c1-16(2)11-17-5-3-7-19(12-17)20-8-4-6-18(13-20)14-22(23(25)26)21-9-10-24-15-21/h3-8,12-13,16,21-22,24H,9-11,14-15H2,1-2H3,(H,25,26)/t21-,22-/m0/s1. The minimum Gasteiger partial charge on any atom is -0.481 e. The predicted molar refractivity (Wildman–Crippen MR) is 106 cm³/mol. The average Bonchev–Trinajstić information content (AvgIpc) is 3.13. The molecule has 0 spiro atoms. The Morgan fingerprint density at radius 3 is 2.19 bits per heavy atom. The van der Waals surface area contributed by atoms with E-state index in [0.717, 1.165) is 31.5 Å². The molecule has 2 N–H and O–H groups in total. The van der Waals surface area contributed by atoms with Gasteiger partial charge < -0.3 is 10.4 Å². The van der Waals surface area contributed by atoms with E-state index in [0.29, 0.717) is 12.3 Å². The van der Waals surface area contributed by atoms with Crippen molar-refractivity contribution in [1.29, 1.82) is 0 Å². The van der Waals surface area contributed by atoms with E-state index in [1.54, 1.807) is 0 Å². The summed E-state index contributed by atoms with van der Waals surface area (Å²) in [4.78, 5) is 11.8. The number of carboxylic acids is 1. The molecule has 1 fully saturated rings. The van der Waals surface area contributed by atoms with Crippen LogP contribution in [0.5, 0.6) is 0 Å². The van der Waals surface area contributed by atoms with Crippen molar-refractivity contribution in [2.75, 3.05) is 13.1 Å². The zero-order valence-electron chi connectivity index (χ0n) is 15.7. The van der Waals surface area contributed by atoms with Crippen molar-refractivity contribution in [2.45, 2.75) is 33.1 Å². The van der Waals surface area contributed by atoms with Gasteiger partial charge in [0.05, 0.1) is 5.92 Å². The third-order valence-electron chi connectivity index (χ3n) is 5.27. The van der Waals surface area contributed by atoms with Crippen LogP contribution in [0.25, 0.3) is 11.1 Å². The topological polar surface area (TPSA) is 49.3 Å². The fourth-order valence-electron chi connectivity index (χ4n) is 3.96. The van der Waals surface area contributed by atoms with Gasteiger partial charge >= 0.3 is 5.97 Å². The van der Waals surface area contributed by atoms with Gasteiger partial charge in [-0.3, -0.25) is 4.79 Å². The number of hydrogen-bond acceptors (Lipinski definition) is 2. The number of benzene rings is 2. The summed E-state index contributed by atoms with van der Waals surface area (Å²) in [6.45, 7) is 6.21. The Balaban J connectivity index is 1.80. The number of aliphatic carboxylic acids is 1. The normalized spacial score (nSPS) is 18.2. The first-order valence-corrected chi connectivity index (χ1v) is 9.64. The minimum absolute atomic E-state index is 0.227. The smallest absolute Gasteiger partial charge is 0.307 e. The van der Waals surface area contributed by atoms with Crippen LogP contribution in [0.3, 0.4) is 0 Å². The second kappa shape index (κ2) is 8.50. The Morgan fingerprint density at radius 2 is 1.69 bits per heavy atom. The van der Waals surface area contributed by atoms with Crippen molar-refractivity contribution in [3.63, 3.8) is 0 Å². The number of carbonyl (C=O) groups is 1. The molecular formula is C23H29NO2. The van der Waals surface area contributed by atoms with Crippen molar-refractivity contribution < 1.29 is 9.90 Å². The van der Waals surface area contributed by atoms with Gasteiger partial charge in [0.15, 0.2) is 0 Å². The summed E-state index contributed by atoms with van der Waals surface area (Å²) < 4.78 is 0. The molecule has 3 nitrogen and oxygen atoms in total. The molecule has 0 unspecified atom stereocenters. The average molecular weight is 351 g/mol. The van der Waals surface area contributed by atoms with E-state index >= 15 is 0 Å². The first-order valence-electron chi connectivity index (χ1n) is 9.64. The quantitative estimate of drug-likeness (QED) is 0.777. The van der Waals surface area contributed by atoms with Gasteiger partial charge in [0.1, 0.15) is 0 Å². The largest absolute Gasteiger partial charge is 0.481 e. The van der Waals surface area contributed by atoms with Crippen LogP contribution in [-0.2, 0) is 17.6 Å². The second-order valence-corrected chi connectivity index (χ2v) is 7.90. The molecule has 0 radical (unpaired) electrons. The van der Waals surface area contributed by atoms with Crippen LogP contribution in [0, 0.1) is 17.8 Å². The first kappa shape index (κ1) is 18.7. The molecule has 0 bridgehead atoms. The maximum Gasteiger partial charge on any atom is 0.307 e. The molecule has 1 aliphatic rings. The van der Waals surface area contributed by atoms with Crippen molar-refractivity contribution in [3.8, 4) is 11.1 Å². The third kappa shape index (κ3) is 4.73. The van der Waals surface area contributed by atoms with E-state index in [1.807, 2.05) is 6.07 Å². The SMILES string of the molecule is CC(C)Cc1cccc(-c2cccc(C[C@H](C(=O)O)[C@H]3CCNC3)c2)c1. The Morgan fingerprint density at radius 1 is 1.08 bits per heavy atom. The molecule has 0 amide bonds. The molecule has 26 heavy (non-hydrogen) atoms. The molecule has 1 aliphatic heterocycles. The number of carboxylic acid groups (broad SMARTS) is 1. The summed E-state index contributed by atoms with van der Waals surface area (Å²) in [5, 5.41) is 13.0. The van der Waals surface area contributed by atoms with Gasteiger partial charge in [-0.25, -0.2) is 0 Å². The van der Waals surface area contributed by atoms with Gasteiger partial charge in [-0.1, -0.05) is 62.4 Å². The van der Waals surface area contributed by atoms with Crippen molar-refractivity contribution in [3.05, 3.63) is 59.7 Å². The number of rotatable bonds is 7. The zero-order valence-corrected chi connectivity index (χ0v) is 15.7. The number of hydrogen-bond donors (Lipinski definition) is 2. The van der Waals surface area contributed by atoms with E-state index in [4.69, 9.17) is 0 Å². The van der Waals surface area contributed by atoms with E-state index in [-0.39, 0.29) is 11.8 Å². The van der Waals surface area contributed by atoms with Gasteiger partial charge in [0.2, 0.25) is 0 Å². The lowest BCUT2D eigenvalue weighted by Gasteiger charge is -2.19. The number of nitrogens with one attached hydrogen (secondary N) is 1. The molecule has 0 aliphatic carbocycles. The lowest BCUT2D eigenvalue weighted by atomic mass is 9.85. The van der Waals surface area contributed by atoms with Crippen LogP contribution in [-0.4, -0.2) is 24.2 Å². The van der Waals surface area contributed by atoms with E-state index < -0.39 is 5.97 Å². The molecule has 138 valence electrons. The first-order chi connectivity index (χ1) is 12.5. The molecule has 1 heterocycles. The van der Waals surface area contributed by atoms with Crippen LogP contribution in [0.15, 0.2) is 48.5 Å². The van der Waals surface area contributed by atoms with E-state index in [2.05, 4.69) is 61.6 Å². The zero-order chi connectivity index (χ0) is 18.5. The Hall–Kier alpha value is -2.13. The van der Waals surface area contributed by atoms with Crippen molar-refractivity contribution in [1.82, 2.24) is 5.32 Å². The summed E-state index contributed by atoms with van der Waals surface area (Å²) >= 11 is 0. The molecule has 3 rings (SSSR count). The summed E-state index contributed by atoms with van der Waals surface area (Å²) in [7, 11) is 0. The van der Waals surface area contributed by atoms with E-state index in [1.165, 1.54) is 16.7 Å². The molecular weight excluding hydrogens is 322 g/mol. The maximum absolute atomic E-state index is 11.8. The summed E-state index contributed by atoms with van der Waals surface area (Å²) in [6, 6.07) is 17.1. The van der Waals surface area contributed by atoms with Gasteiger partial charge in [-0.2, -0.15) is 0 Å². The summed E-state index contributed by atoms with van der Waals surface area (Å²) in [6.07, 6.45) is 2.62. The van der Waals surface area contributed by atoms with Gasteiger partial charge in [0.25, 0.3) is 0 Å². The van der Waals surface area contributed by atoms with Crippen LogP contribution in [0.2, 0.25) is 0 Å². The molecule has 3 heteroatoms. The molecule has 2 aromatic carbocycles. The highest BCUT2D eigenvalue weighted by Crippen LogP contribution is 2.27. The maximum atomic E-state index is 11.8. The minimum atomic E-state index is -0.678. The van der Waals surface area contributed by atoms with E-state index in [9.17, 15) is 9.90 Å². The fraction of sp³-hybridized carbons (Fsp3) is 0.435. The van der Waals surface area contributed by atoms with Crippen LogP contribution in [0.4, 0.5) is 0 Å². The Kier molecular flexibility index (Phi) is 6.10. The van der Waals surface area contributed by atoms with Crippen molar-refractivity contribution in [2.24, 2.45) is 17.8 Å². The van der Waals surface area contributed by atoms with Crippen LogP contribution < -0.4 is 5.32 Å². The fourth-order valence-corrected chi connectivity index (χ4v) is 3.96. The highest BCUT2D eigenvalue weighted by molar-refractivity contribution is 5.71. The van der Waals surface area contributed by atoms with Crippen LogP contribution >= 0.6 is 0 Å². The van der Waals surface area contributed by atoms with Gasteiger partial charge in [-0.15, -0.1) is 0 Å². The van der Waals surface area contributed by atoms with Gasteiger partial charge in [0, 0.05) is 0 Å². The Bertz CT molecular complexity index is 747. The summed E-state index contributed by atoms with van der Waals surface area (Å²) in [5.41, 5.74) is 4.83. The molecule has 2 aromatic rings. The third-order valence-corrected chi connectivity index (χ3v) is 5.27. The second-order valence-electron chi connectivity index (χ2n) is 7.90. The molecule has 0 aromatic heterocycles. The summed E-state index contributed by atoms with van der Waals surface area (Å²) in [5.74, 6) is -0.131. The molecule has 2 atom stereocenters. The highest BCUT2D eigenvalue weighted by atomic mass is 16.4. The molecule has 1 saturated heterocycles. The van der Waals surface area contributed by atoms with Crippen molar-refractivity contribution >= 4 is 5.97 Å². The lowest BCUT2D eigenvalue weighted by Crippen LogP contribution is -2.27. The predicted octanol–water partition coefficient (Wildman–Crippen LogP) is 4.40. The Labute approximate surface area is 156 Å². The monoisotopic (exact) mass is 351 g/mol. The highest BCUT2D eigenvalue weighted by Gasteiger charge is 2.30. The molecule has 0 saturated carbocycles. The van der Waals surface area contributed by atoms with Crippen LogP contribution in [0.1, 0.15) is 31.4 Å².